The van der Waals surface area contributed by atoms with Crippen LogP contribution in [0.25, 0.3) is 0 Å². The maximum atomic E-state index is 13.1. The summed E-state index contributed by atoms with van der Waals surface area (Å²) in [7, 11) is 1.95. The molecule has 1 atom stereocenters. The third-order valence-corrected chi connectivity index (χ3v) is 4.98. The van der Waals surface area contributed by atoms with Gasteiger partial charge >= 0.3 is 0 Å². The molecule has 23 heavy (non-hydrogen) atoms. The van der Waals surface area contributed by atoms with Gasteiger partial charge in [0.2, 0.25) is 5.91 Å². The SMILES string of the molecule is Cc1oc2c(c1C(=O)N1CCN(C)CC(C(N)=O)C1)CCCC2. The molecule has 0 spiro atoms. The summed E-state index contributed by atoms with van der Waals surface area (Å²) in [6.07, 6.45) is 4.03. The fourth-order valence-corrected chi connectivity index (χ4v) is 3.68. The fraction of sp³-hybridized carbons (Fsp3) is 0.647. The molecule has 2 heterocycles. The van der Waals surface area contributed by atoms with Gasteiger partial charge in [0, 0.05) is 38.2 Å². The normalized spacial score (nSPS) is 22.5. The minimum atomic E-state index is -0.345. The van der Waals surface area contributed by atoms with Gasteiger partial charge in [0.05, 0.1) is 11.5 Å². The van der Waals surface area contributed by atoms with Gasteiger partial charge in [-0.1, -0.05) is 0 Å². The number of primary amides is 1. The van der Waals surface area contributed by atoms with Crippen LogP contribution in [0.15, 0.2) is 4.42 Å². The summed E-state index contributed by atoms with van der Waals surface area (Å²) in [5.41, 5.74) is 7.29. The molecule has 126 valence electrons. The van der Waals surface area contributed by atoms with Crippen molar-refractivity contribution in [1.29, 1.82) is 0 Å². The Balaban J connectivity index is 1.87. The average Bonchev–Trinajstić information content (AvgIpc) is 2.70. The molecule has 1 unspecified atom stereocenters. The van der Waals surface area contributed by atoms with Crippen LogP contribution in [0, 0.1) is 12.8 Å². The Morgan fingerprint density at radius 3 is 2.65 bits per heavy atom. The average molecular weight is 319 g/mol. The Bertz CT molecular complexity index is 623. The van der Waals surface area contributed by atoms with Crippen LogP contribution in [-0.4, -0.2) is 54.8 Å². The van der Waals surface area contributed by atoms with Crippen molar-refractivity contribution in [3.8, 4) is 0 Å². The molecule has 2 amide bonds. The number of nitrogens with zero attached hydrogens (tertiary/aromatic N) is 2. The second-order valence-corrected chi connectivity index (χ2v) is 6.75. The molecule has 2 N–H and O–H groups in total. The van der Waals surface area contributed by atoms with Crippen molar-refractivity contribution in [1.82, 2.24) is 9.80 Å². The summed E-state index contributed by atoms with van der Waals surface area (Å²) in [5, 5.41) is 0. The molecule has 0 radical (unpaired) electrons. The van der Waals surface area contributed by atoms with E-state index in [9.17, 15) is 9.59 Å². The molecule has 1 aliphatic carbocycles. The predicted molar refractivity (Wildman–Crippen MR) is 86.2 cm³/mol. The maximum absolute atomic E-state index is 13.1. The molecule has 0 aromatic carbocycles. The molecule has 3 rings (SSSR count). The smallest absolute Gasteiger partial charge is 0.257 e. The number of amides is 2. The number of carbonyl (C=O) groups is 2. The topological polar surface area (TPSA) is 79.8 Å². The number of carbonyl (C=O) groups excluding carboxylic acids is 2. The van der Waals surface area contributed by atoms with Crippen LogP contribution in [-0.2, 0) is 17.6 Å². The van der Waals surface area contributed by atoms with Crippen molar-refractivity contribution in [2.45, 2.75) is 32.6 Å². The lowest BCUT2D eigenvalue weighted by Crippen LogP contribution is -2.40. The van der Waals surface area contributed by atoms with Gasteiger partial charge in [-0.2, -0.15) is 0 Å². The summed E-state index contributed by atoms with van der Waals surface area (Å²) >= 11 is 0. The zero-order valence-corrected chi connectivity index (χ0v) is 13.9. The molecule has 1 aromatic heterocycles. The standard InChI is InChI=1S/C17H25N3O3/c1-11-15(13-5-3-4-6-14(13)23-11)17(22)20-8-7-19(2)9-12(10-20)16(18)21/h12H,3-10H2,1-2H3,(H2,18,21). The van der Waals surface area contributed by atoms with E-state index < -0.39 is 0 Å². The Labute approximate surface area is 136 Å². The van der Waals surface area contributed by atoms with Crippen LogP contribution in [0.2, 0.25) is 0 Å². The van der Waals surface area contributed by atoms with Crippen LogP contribution >= 0.6 is 0 Å². The molecule has 1 saturated heterocycles. The lowest BCUT2D eigenvalue weighted by molar-refractivity contribution is -0.122. The summed E-state index contributed by atoms with van der Waals surface area (Å²) in [4.78, 5) is 28.5. The van der Waals surface area contributed by atoms with Crippen LogP contribution in [0.5, 0.6) is 0 Å². The van der Waals surface area contributed by atoms with Gasteiger partial charge in [-0.05, 0) is 33.2 Å². The Morgan fingerprint density at radius 1 is 1.17 bits per heavy atom. The van der Waals surface area contributed by atoms with Crippen molar-refractivity contribution in [2.24, 2.45) is 11.7 Å². The van der Waals surface area contributed by atoms with Crippen molar-refractivity contribution in [3.63, 3.8) is 0 Å². The number of rotatable bonds is 2. The van der Waals surface area contributed by atoms with Crippen LogP contribution < -0.4 is 5.73 Å². The monoisotopic (exact) mass is 319 g/mol. The van der Waals surface area contributed by atoms with Gasteiger partial charge in [-0.25, -0.2) is 0 Å². The second-order valence-electron chi connectivity index (χ2n) is 6.75. The minimum absolute atomic E-state index is 0.0176. The van der Waals surface area contributed by atoms with Gasteiger partial charge in [-0.15, -0.1) is 0 Å². The second kappa shape index (κ2) is 6.35. The molecular weight excluding hydrogens is 294 g/mol. The van der Waals surface area contributed by atoms with E-state index in [1.54, 1.807) is 4.90 Å². The fourth-order valence-electron chi connectivity index (χ4n) is 3.68. The van der Waals surface area contributed by atoms with Gasteiger partial charge < -0.3 is 20.0 Å². The molecule has 6 nitrogen and oxygen atoms in total. The zero-order chi connectivity index (χ0) is 16.6. The molecule has 0 bridgehead atoms. The third kappa shape index (κ3) is 3.13. The number of aryl methyl sites for hydroxylation is 2. The van der Waals surface area contributed by atoms with Gasteiger partial charge in [0.25, 0.3) is 5.91 Å². The third-order valence-electron chi connectivity index (χ3n) is 4.98. The van der Waals surface area contributed by atoms with E-state index in [1.807, 2.05) is 14.0 Å². The molecule has 1 aliphatic heterocycles. The van der Waals surface area contributed by atoms with E-state index in [-0.39, 0.29) is 17.7 Å². The summed E-state index contributed by atoms with van der Waals surface area (Å²) < 4.78 is 5.83. The number of furan rings is 1. The summed E-state index contributed by atoms with van der Waals surface area (Å²) in [5.74, 6) is 0.985. The minimum Gasteiger partial charge on any atom is -0.465 e. The van der Waals surface area contributed by atoms with E-state index in [0.29, 0.717) is 31.0 Å². The number of hydrogen-bond acceptors (Lipinski definition) is 4. The Morgan fingerprint density at radius 2 is 1.91 bits per heavy atom. The number of fused-ring (bicyclic) bond motifs is 1. The highest BCUT2D eigenvalue weighted by atomic mass is 16.3. The van der Waals surface area contributed by atoms with Crippen LogP contribution in [0.1, 0.15) is 40.3 Å². The van der Waals surface area contributed by atoms with Gasteiger partial charge in [-0.3, -0.25) is 9.59 Å². The first-order valence-electron chi connectivity index (χ1n) is 8.35. The summed E-state index contributed by atoms with van der Waals surface area (Å²) in [6.45, 7) is 4.20. The molecule has 1 fully saturated rings. The number of nitrogens with two attached hydrogens (primary N) is 1. The molecule has 0 saturated carbocycles. The first-order chi connectivity index (χ1) is 11.0. The highest BCUT2D eigenvalue weighted by Crippen LogP contribution is 2.30. The molecule has 2 aliphatic rings. The largest absolute Gasteiger partial charge is 0.465 e. The van der Waals surface area contributed by atoms with E-state index >= 15 is 0 Å². The van der Waals surface area contributed by atoms with Crippen molar-refractivity contribution in [2.75, 3.05) is 33.2 Å². The molecule has 1 aromatic rings. The van der Waals surface area contributed by atoms with Gasteiger partial charge in [0.15, 0.2) is 0 Å². The highest BCUT2D eigenvalue weighted by molar-refractivity contribution is 5.97. The van der Waals surface area contributed by atoms with E-state index in [1.165, 1.54) is 0 Å². The van der Waals surface area contributed by atoms with E-state index in [4.69, 9.17) is 10.2 Å². The molecule has 6 heteroatoms. The van der Waals surface area contributed by atoms with E-state index in [0.717, 1.165) is 43.6 Å². The van der Waals surface area contributed by atoms with E-state index in [2.05, 4.69) is 4.90 Å². The highest BCUT2D eigenvalue weighted by Gasteiger charge is 2.32. The lowest BCUT2D eigenvalue weighted by Gasteiger charge is -2.23. The van der Waals surface area contributed by atoms with Crippen molar-refractivity contribution >= 4 is 11.8 Å². The summed E-state index contributed by atoms with van der Waals surface area (Å²) in [6, 6.07) is 0. The Kier molecular flexibility index (Phi) is 4.43. The molecular formula is C17H25N3O3. The van der Waals surface area contributed by atoms with Crippen LogP contribution in [0.3, 0.4) is 0 Å². The number of hydrogen-bond donors (Lipinski definition) is 1. The van der Waals surface area contributed by atoms with Gasteiger partial charge in [0.1, 0.15) is 11.5 Å². The first kappa shape index (κ1) is 16.1. The van der Waals surface area contributed by atoms with Crippen LogP contribution in [0.4, 0.5) is 0 Å². The zero-order valence-electron chi connectivity index (χ0n) is 13.9. The first-order valence-corrected chi connectivity index (χ1v) is 8.35. The number of likely N-dealkylation sites (N-methyl/N-ethyl adjacent to an activating group) is 1. The lowest BCUT2D eigenvalue weighted by atomic mass is 9.94. The van der Waals surface area contributed by atoms with Crippen molar-refractivity contribution < 1.29 is 14.0 Å². The quantitative estimate of drug-likeness (QED) is 0.880. The predicted octanol–water partition coefficient (Wildman–Crippen LogP) is 0.956. The maximum Gasteiger partial charge on any atom is 0.257 e. The van der Waals surface area contributed by atoms with Crippen molar-refractivity contribution in [3.05, 3.63) is 22.6 Å². The Hall–Kier alpha value is -1.82.